The summed E-state index contributed by atoms with van der Waals surface area (Å²) in [6, 6.07) is 2.43. The summed E-state index contributed by atoms with van der Waals surface area (Å²) in [4.78, 5) is 11.0. The van der Waals surface area contributed by atoms with Gasteiger partial charge in [-0.25, -0.2) is 4.39 Å². The molecule has 0 fully saturated rings. The van der Waals surface area contributed by atoms with Crippen molar-refractivity contribution in [2.24, 2.45) is 0 Å². The zero-order valence-corrected chi connectivity index (χ0v) is 7.88. The van der Waals surface area contributed by atoms with E-state index in [1.54, 1.807) is 6.26 Å². The lowest BCUT2D eigenvalue weighted by Gasteiger charge is -2.02. The molecule has 12 heavy (non-hydrogen) atoms. The van der Waals surface area contributed by atoms with E-state index in [-0.39, 0.29) is 5.56 Å². The first-order valence-corrected chi connectivity index (χ1v) is 4.77. The molecule has 0 aromatic heterocycles. The second-order valence-electron chi connectivity index (χ2n) is 2.13. The van der Waals surface area contributed by atoms with Crippen molar-refractivity contribution in [3.05, 3.63) is 28.5 Å². The minimum absolute atomic E-state index is 0.195. The van der Waals surface area contributed by atoms with Crippen LogP contribution in [0.15, 0.2) is 17.0 Å². The molecule has 1 aromatic carbocycles. The molecule has 1 nitrogen and oxygen atoms in total. The summed E-state index contributed by atoms with van der Waals surface area (Å²) >= 11 is 7.07. The minimum Gasteiger partial charge on any atom is -0.298 e. The van der Waals surface area contributed by atoms with E-state index in [1.165, 1.54) is 17.8 Å². The minimum atomic E-state index is -0.439. The van der Waals surface area contributed by atoms with E-state index >= 15 is 0 Å². The summed E-state index contributed by atoms with van der Waals surface area (Å²) in [5.74, 6) is -0.439. The van der Waals surface area contributed by atoms with Gasteiger partial charge in [-0.2, -0.15) is 0 Å². The van der Waals surface area contributed by atoms with Gasteiger partial charge in [0.15, 0.2) is 6.29 Å². The Hall–Kier alpha value is -0.540. The molecule has 0 saturated heterocycles. The predicted octanol–water partition coefficient (Wildman–Crippen LogP) is 3.01. The van der Waals surface area contributed by atoms with Crippen LogP contribution in [0.1, 0.15) is 10.4 Å². The average molecular weight is 205 g/mol. The monoisotopic (exact) mass is 204 g/mol. The van der Waals surface area contributed by atoms with E-state index in [1.807, 2.05) is 0 Å². The van der Waals surface area contributed by atoms with Gasteiger partial charge in [0, 0.05) is 10.5 Å². The number of hydrogen-bond donors (Lipinski definition) is 0. The maximum absolute atomic E-state index is 12.8. The lowest BCUT2D eigenvalue weighted by molar-refractivity contribution is 0.112. The van der Waals surface area contributed by atoms with Crippen molar-refractivity contribution in [1.29, 1.82) is 0 Å². The Morgan fingerprint density at radius 3 is 2.75 bits per heavy atom. The highest BCUT2D eigenvalue weighted by Crippen LogP contribution is 2.28. The van der Waals surface area contributed by atoms with Crippen LogP contribution in [0.25, 0.3) is 0 Å². The van der Waals surface area contributed by atoms with E-state index in [0.29, 0.717) is 16.2 Å². The Morgan fingerprint density at radius 2 is 2.25 bits per heavy atom. The van der Waals surface area contributed by atoms with Crippen LogP contribution >= 0.6 is 23.4 Å². The fourth-order valence-corrected chi connectivity index (χ4v) is 1.73. The average Bonchev–Trinajstić information content (AvgIpc) is 2.08. The van der Waals surface area contributed by atoms with Crippen LogP contribution in [-0.2, 0) is 0 Å². The smallest absolute Gasteiger partial charge is 0.151 e. The second-order valence-corrected chi connectivity index (χ2v) is 3.36. The first-order chi connectivity index (χ1) is 5.69. The maximum atomic E-state index is 12.8. The molecule has 64 valence electrons. The molecular weight excluding hydrogens is 199 g/mol. The molecular formula is C8H6ClFOS. The molecule has 0 aliphatic heterocycles. The number of hydrogen-bond acceptors (Lipinski definition) is 2. The predicted molar refractivity (Wildman–Crippen MR) is 48.6 cm³/mol. The number of carbonyl (C=O) groups excluding carboxylic acids is 1. The Kier molecular flexibility index (Phi) is 3.12. The summed E-state index contributed by atoms with van der Waals surface area (Å²) < 4.78 is 12.8. The molecule has 0 saturated carbocycles. The van der Waals surface area contributed by atoms with Crippen LogP contribution < -0.4 is 0 Å². The normalized spacial score (nSPS) is 9.92. The molecule has 0 heterocycles. The Morgan fingerprint density at radius 1 is 1.58 bits per heavy atom. The van der Waals surface area contributed by atoms with Gasteiger partial charge in [-0.3, -0.25) is 4.79 Å². The molecule has 0 atom stereocenters. The number of aldehydes is 1. The van der Waals surface area contributed by atoms with Crippen molar-refractivity contribution in [2.45, 2.75) is 4.90 Å². The van der Waals surface area contributed by atoms with Gasteiger partial charge in [-0.1, -0.05) is 11.6 Å². The fourth-order valence-electron chi connectivity index (χ4n) is 0.819. The van der Waals surface area contributed by atoms with Crippen LogP contribution in [-0.4, -0.2) is 12.5 Å². The van der Waals surface area contributed by atoms with E-state index in [0.717, 1.165) is 6.07 Å². The third kappa shape index (κ3) is 1.79. The first kappa shape index (κ1) is 9.55. The lowest BCUT2D eigenvalue weighted by Crippen LogP contribution is -1.87. The molecule has 1 rings (SSSR count). The van der Waals surface area contributed by atoms with E-state index in [4.69, 9.17) is 11.6 Å². The van der Waals surface area contributed by atoms with Crippen LogP contribution in [0, 0.1) is 5.82 Å². The third-order valence-corrected chi connectivity index (χ3v) is 2.67. The Balaban J connectivity index is 3.31. The molecule has 0 N–H and O–H groups in total. The SMILES string of the molecule is CSc1cc(F)cc(C=O)c1Cl. The van der Waals surface area contributed by atoms with Crippen LogP contribution in [0.5, 0.6) is 0 Å². The molecule has 1 aromatic rings. The van der Waals surface area contributed by atoms with Crippen molar-refractivity contribution in [2.75, 3.05) is 6.26 Å². The number of benzene rings is 1. The zero-order valence-electron chi connectivity index (χ0n) is 6.30. The molecule has 0 bridgehead atoms. The summed E-state index contributed by atoms with van der Waals surface area (Å²) in [5, 5.41) is 0.318. The molecule has 0 aliphatic carbocycles. The maximum Gasteiger partial charge on any atom is 0.151 e. The van der Waals surface area contributed by atoms with Gasteiger partial charge < -0.3 is 0 Å². The highest BCUT2D eigenvalue weighted by molar-refractivity contribution is 7.98. The number of rotatable bonds is 2. The van der Waals surface area contributed by atoms with Gasteiger partial charge in [0.2, 0.25) is 0 Å². The first-order valence-electron chi connectivity index (χ1n) is 3.17. The van der Waals surface area contributed by atoms with Crippen LogP contribution in [0.3, 0.4) is 0 Å². The molecule has 0 amide bonds. The van der Waals surface area contributed by atoms with Crippen molar-refractivity contribution in [3.63, 3.8) is 0 Å². The van der Waals surface area contributed by atoms with Gasteiger partial charge in [-0.05, 0) is 18.4 Å². The number of carbonyl (C=O) groups is 1. The van der Waals surface area contributed by atoms with Gasteiger partial charge in [0.1, 0.15) is 5.82 Å². The second kappa shape index (κ2) is 3.92. The van der Waals surface area contributed by atoms with Crippen LogP contribution in [0.4, 0.5) is 4.39 Å². The Bertz CT molecular complexity index is 314. The molecule has 4 heteroatoms. The number of halogens is 2. The summed E-state index contributed by atoms with van der Waals surface area (Å²) in [6.07, 6.45) is 2.32. The number of thioether (sulfide) groups is 1. The quantitative estimate of drug-likeness (QED) is 0.544. The zero-order chi connectivity index (χ0) is 9.14. The van der Waals surface area contributed by atoms with Crippen LogP contribution in [0.2, 0.25) is 5.02 Å². The largest absolute Gasteiger partial charge is 0.298 e. The van der Waals surface area contributed by atoms with Gasteiger partial charge in [-0.15, -0.1) is 11.8 Å². The molecule has 0 spiro atoms. The highest BCUT2D eigenvalue weighted by atomic mass is 35.5. The molecule has 0 unspecified atom stereocenters. The van der Waals surface area contributed by atoms with Crippen molar-refractivity contribution >= 4 is 29.6 Å². The van der Waals surface area contributed by atoms with E-state index in [2.05, 4.69) is 0 Å². The fraction of sp³-hybridized carbons (Fsp3) is 0.125. The van der Waals surface area contributed by atoms with Gasteiger partial charge in [0.25, 0.3) is 0 Å². The summed E-state index contributed by atoms with van der Waals surface area (Å²) in [7, 11) is 0. The summed E-state index contributed by atoms with van der Waals surface area (Å²) in [6.45, 7) is 0. The lowest BCUT2D eigenvalue weighted by atomic mass is 10.2. The van der Waals surface area contributed by atoms with Crippen molar-refractivity contribution in [3.8, 4) is 0 Å². The highest BCUT2D eigenvalue weighted by Gasteiger charge is 2.07. The van der Waals surface area contributed by atoms with E-state index in [9.17, 15) is 9.18 Å². The van der Waals surface area contributed by atoms with Crippen molar-refractivity contribution < 1.29 is 9.18 Å². The van der Waals surface area contributed by atoms with Gasteiger partial charge in [0.05, 0.1) is 5.02 Å². The standard InChI is InChI=1S/C8H6ClFOS/c1-12-7-3-6(10)2-5(4-11)8(7)9/h2-4H,1H3. The molecule has 0 aliphatic rings. The Labute approximate surface area is 78.9 Å². The van der Waals surface area contributed by atoms with Gasteiger partial charge >= 0.3 is 0 Å². The third-order valence-electron chi connectivity index (χ3n) is 1.38. The van der Waals surface area contributed by atoms with E-state index < -0.39 is 5.82 Å². The summed E-state index contributed by atoms with van der Waals surface area (Å²) in [5.41, 5.74) is 0.195. The van der Waals surface area contributed by atoms with Crippen molar-refractivity contribution in [1.82, 2.24) is 0 Å². The molecule has 0 radical (unpaired) electrons. The topological polar surface area (TPSA) is 17.1 Å².